The molecular formula is C64H108N2. The van der Waals surface area contributed by atoms with Crippen molar-refractivity contribution in [3.63, 3.8) is 0 Å². The van der Waals surface area contributed by atoms with E-state index in [-0.39, 0.29) is 0 Å². The lowest BCUT2D eigenvalue weighted by molar-refractivity contribution is 0.523. The second-order valence-corrected chi connectivity index (χ2v) is 20.3. The molecule has 0 heterocycles. The molecule has 0 aliphatic carbocycles. The van der Waals surface area contributed by atoms with Gasteiger partial charge >= 0.3 is 0 Å². The monoisotopic (exact) mass is 905 g/mol. The van der Waals surface area contributed by atoms with Crippen LogP contribution in [0.4, 0.5) is 11.4 Å². The number of benzene rings is 2. The summed E-state index contributed by atoms with van der Waals surface area (Å²) in [6.45, 7) is 6.86. The van der Waals surface area contributed by atoms with Crippen molar-refractivity contribution in [1.29, 1.82) is 0 Å². The van der Waals surface area contributed by atoms with Crippen LogP contribution in [0.1, 0.15) is 308 Å². The standard InChI is InChI=1S/C64H108N2/c1-4-7-10-12-14-16-18-20-22-24-26-28-30-32-34-36-38-40-42-44-46-50-60-52-48-55-62(57-60)65-59-64(54-9-6-3)66-63-56-49-53-61(58-63)51-47-45-43-41-39-37-35-33-31-29-27-25-23-21-19-17-15-13-11-8-5-2/h46-53,55-59H,4-45,54H2,1-3H3. The number of hydrogen-bond donors (Lipinski definition) is 0. The average molecular weight is 906 g/mol. The van der Waals surface area contributed by atoms with E-state index in [9.17, 15) is 0 Å². The first-order valence-corrected chi connectivity index (χ1v) is 29.4. The fraction of sp³-hybridized carbons (Fsp3) is 0.719. The Kier molecular flexibility index (Phi) is 42.6. The highest BCUT2D eigenvalue weighted by atomic mass is 14.8. The zero-order valence-corrected chi connectivity index (χ0v) is 44.3. The van der Waals surface area contributed by atoms with Crippen molar-refractivity contribution < 1.29 is 0 Å². The Balaban J connectivity index is 1.55. The molecule has 0 aromatic heterocycles. The molecule has 0 N–H and O–H groups in total. The third kappa shape index (κ3) is 38.3. The minimum Gasteiger partial charge on any atom is -0.255 e. The normalized spacial score (nSPS) is 12.3. The molecule has 0 spiro atoms. The third-order valence-electron chi connectivity index (χ3n) is 13.7. The highest BCUT2D eigenvalue weighted by molar-refractivity contribution is 6.31. The second kappa shape index (κ2) is 47.3. The molecule has 0 aliphatic heterocycles. The predicted molar refractivity (Wildman–Crippen MR) is 302 cm³/mol. The van der Waals surface area contributed by atoms with Crippen molar-refractivity contribution in [2.24, 2.45) is 9.98 Å². The third-order valence-corrected chi connectivity index (χ3v) is 13.7. The molecular weight excluding hydrogens is 797 g/mol. The lowest BCUT2D eigenvalue weighted by Crippen LogP contribution is -1.99. The van der Waals surface area contributed by atoms with E-state index in [0.29, 0.717) is 0 Å². The van der Waals surface area contributed by atoms with Crippen molar-refractivity contribution in [3.05, 3.63) is 71.8 Å². The molecule has 0 aliphatic rings. The van der Waals surface area contributed by atoms with Gasteiger partial charge in [0.15, 0.2) is 0 Å². The minimum atomic E-state index is 0.943. The van der Waals surface area contributed by atoms with Crippen LogP contribution in [0.3, 0.4) is 0 Å². The van der Waals surface area contributed by atoms with Gasteiger partial charge in [-0.2, -0.15) is 0 Å². The summed E-state index contributed by atoms with van der Waals surface area (Å²) >= 11 is 0. The van der Waals surface area contributed by atoms with Gasteiger partial charge in [0.1, 0.15) is 0 Å². The van der Waals surface area contributed by atoms with Gasteiger partial charge in [0.25, 0.3) is 0 Å². The summed E-state index contributed by atoms with van der Waals surface area (Å²) in [5.41, 5.74) is 5.54. The molecule has 0 amide bonds. The number of allylic oxidation sites excluding steroid dienone is 2. The molecule has 2 aromatic carbocycles. The van der Waals surface area contributed by atoms with Gasteiger partial charge in [0.2, 0.25) is 0 Å². The smallest absolute Gasteiger partial charge is 0.0639 e. The Morgan fingerprint density at radius 1 is 0.348 bits per heavy atom. The summed E-state index contributed by atoms with van der Waals surface area (Å²) in [5.74, 6) is 0. The molecule has 2 aromatic rings. The molecule has 2 rings (SSSR count). The number of nitrogens with zero attached hydrogens (tertiary/aromatic N) is 2. The highest BCUT2D eigenvalue weighted by Crippen LogP contribution is 2.21. The number of hydrogen-bond acceptors (Lipinski definition) is 2. The van der Waals surface area contributed by atoms with E-state index in [1.807, 2.05) is 6.21 Å². The van der Waals surface area contributed by atoms with Gasteiger partial charge in [-0.05, 0) is 73.9 Å². The Hall–Kier alpha value is -2.74. The zero-order chi connectivity index (χ0) is 46.9. The van der Waals surface area contributed by atoms with Crippen molar-refractivity contribution in [1.82, 2.24) is 0 Å². The largest absolute Gasteiger partial charge is 0.255 e. The second-order valence-electron chi connectivity index (χ2n) is 20.3. The molecule has 0 saturated carbocycles. The van der Waals surface area contributed by atoms with E-state index in [1.54, 1.807) is 0 Å². The van der Waals surface area contributed by atoms with Gasteiger partial charge in [-0.25, -0.2) is 0 Å². The lowest BCUT2D eigenvalue weighted by Gasteiger charge is -2.04. The molecule has 0 atom stereocenters. The van der Waals surface area contributed by atoms with E-state index >= 15 is 0 Å². The van der Waals surface area contributed by atoms with Crippen LogP contribution < -0.4 is 0 Å². The zero-order valence-electron chi connectivity index (χ0n) is 44.3. The molecule has 374 valence electrons. The van der Waals surface area contributed by atoms with Gasteiger partial charge in [-0.15, -0.1) is 0 Å². The maximum absolute atomic E-state index is 5.09. The topological polar surface area (TPSA) is 24.7 Å². The fourth-order valence-corrected chi connectivity index (χ4v) is 9.35. The molecule has 2 nitrogen and oxygen atoms in total. The first kappa shape index (κ1) is 59.4. The van der Waals surface area contributed by atoms with Crippen LogP contribution in [0.25, 0.3) is 12.2 Å². The van der Waals surface area contributed by atoms with Gasteiger partial charge in [0, 0.05) is 6.21 Å². The van der Waals surface area contributed by atoms with Crippen LogP contribution in [0.2, 0.25) is 0 Å². The summed E-state index contributed by atoms with van der Waals surface area (Å²) in [6, 6.07) is 17.3. The summed E-state index contributed by atoms with van der Waals surface area (Å²) < 4.78 is 0. The summed E-state index contributed by atoms with van der Waals surface area (Å²) in [6.07, 6.45) is 71.1. The van der Waals surface area contributed by atoms with E-state index in [4.69, 9.17) is 9.98 Å². The maximum atomic E-state index is 5.09. The molecule has 0 fully saturated rings. The summed E-state index contributed by atoms with van der Waals surface area (Å²) in [7, 11) is 0. The Morgan fingerprint density at radius 3 is 1.00 bits per heavy atom. The van der Waals surface area contributed by atoms with Gasteiger partial charge in [0.05, 0.1) is 17.1 Å². The number of unbranched alkanes of at least 4 members (excludes halogenated alkanes) is 39. The average Bonchev–Trinajstić information content (AvgIpc) is 3.33. The molecule has 0 saturated heterocycles. The SMILES string of the molecule is CCCCCCCCCCCCCCCCCCCCCC=Cc1cccc(N=CC(CCCC)=Nc2cccc(C=CCCCCCCCCCCCCCCCCCCCCC)c2)c1. The van der Waals surface area contributed by atoms with E-state index in [0.717, 1.165) is 49.2 Å². The van der Waals surface area contributed by atoms with Crippen LogP contribution >= 0.6 is 0 Å². The highest BCUT2D eigenvalue weighted by Gasteiger charge is 2.01. The minimum absolute atomic E-state index is 0.943. The first-order valence-electron chi connectivity index (χ1n) is 29.4. The molecule has 66 heavy (non-hydrogen) atoms. The quantitative estimate of drug-likeness (QED) is 0.0467. The Bertz CT molecular complexity index is 1450. The predicted octanol–water partition coefficient (Wildman–Crippen LogP) is 23.0. The van der Waals surface area contributed by atoms with Gasteiger partial charge in [-0.1, -0.05) is 307 Å². The van der Waals surface area contributed by atoms with Crippen molar-refractivity contribution in [3.8, 4) is 0 Å². The molecule has 0 bridgehead atoms. The molecule has 0 radical (unpaired) electrons. The van der Waals surface area contributed by atoms with E-state index in [2.05, 4.69) is 93.6 Å². The van der Waals surface area contributed by atoms with E-state index in [1.165, 1.54) is 255 Å². The van der Waals surface area contributed by atoms with E-state index < -0.39 is 0 Å². The van der Waals surface area contributed by atoms with Crippen LogP contribution in [0.15, 0.2) is 70.7 Å². The number of aliphatic imine (C=N–C) groups is 2. The summed E-state index contributed by atoms with van der Waals surface area (Å²) in [4.78, 5) is 9.99. The fourth-order valence-electron chi connectivity index (χ4n) is 9.35. The van der Waals surface area contributed by atoms with Crippen LogP contribution in [0, 0.1) is 0 Å². The Labute approximate surface area is 412 Å². The van der Waals surface area contributed by atoms with Crippen molar-refractivity contribution in [2.45, 2.75) is 297 Å². The summed E-state index contributed by atoms with van der Waals surface area (Å²) in [5, 5.41) is 0. The molecule has 0 unspecified atom stereocenters. The van der Waals surface area contributed by atoms with Gasteiger partial charge in [-0.3, -0.25) is 9.98 Å². The van der Waals surface area contributed by atoms with Crippen LogP contribution in [-0.2, 0) is 0 Å². The maximum Gasteiger partial charge on any atom is 0.0639 e. The van der Waals surface area contributed by atoms with Crippen LogP contribution in [0.5, 0.6) is 0 Å². The van der Waals surface area contributed by atoms with Crippen LogP contribution in [-0.4, -0.2) is 11.9 Å². The van der Waals surface area contributed by atoms with Gasteiger partial charge < -0.3 is 0 Å². The number of rotatable bonds is 48. The molecule has 2 heteroatoms. The lowest BCUT2D eigenvalue weighted by atomic mass is 10.0. The first-order chi connectivity index (χ1) is 32.7. The van der Waals surface area contributed by atoms with Crippen molar-refractivity contribution in [2.75, 3.05) is 0 Å². The Morgan fingerprint density at radius 2 is 0.652 bits per heavy atom. The van der Waals surface area contributed by atoms with Crippen molar-refractivity contribution >= 4 is 35.5 Å².